The Morgan fingerprint density at radius 1 is 0.946 bits per heavy atom. The number of aliphatic hydroxyl groups excluding tert-OH is 1. The number of alkyl halides is 3. The van der Waals surface area contributed by atoms with E-state index in [1.165, 1.54) is 30.7 Å². The van der Waals surface area contributed by atoms with Crippen molar-refractivity contribution in [1.29, 1.82) is 0 Å². The third-order valence-electron chi connectivity index (χ3n) is 5.84. The molecule has 0 fully saturated rings. The summed E-state index contributed by atoms with van der Waals surface area (Å²) in [5.41, 5.74) is 2.15. The molecule has 4 rings (SSSR count). The highest BCUT2D eigenvalue weighted by Crippen LogP contribution is 2.32. The van der Waals surface area contributed by atoms with Crippen molar-refractivity contribution in [2.24, 2.45) is 0 Å². The summed E-state index contributed by atoms with van der Waals surface area (Å²) in [7, 11) is 0. The molecule has 0 radical (unpaired) electrons. The van der Waals surface area contributed by atoms with Gasteiger partial charge in [0.15, 0.2) is 6.10 Å². The van der Waals surface area contributed by atoms with E-state index in [-0.39, 0.29) is 22.9 Å². The molecule has 12 heteroatoms. The zero-order chi connectivity index (χ0) is 26.9. The molecule has 0 saturated heterocycles. The Bertz CT molecular complexity index is 1380. The number of benzene rings is 1. The van der Waals surface area contributed by atoms with Crippen LogP contribution in [0, 0.1) is 11.6 Å². The average Bonchev–Trinajstić information content (AvgIpc) is 3.31. The van der Waals surface area contributed by atoms with Crippen molar-refractivity contribution in [3.8, 4) is 22.6 Å². The van der Waals surface area contributed by atoms with Gasteiger partial charge < -0.3 is 5.11 Å². The predicted molar refractivity (Wildman–Crippen MR) is 124 cm³/mol. The number of aromatic nitrogens is 6. The smallest absolute Gasteiger partial charge is 0.382 e. The second-order valence-electron chi connectivity index (χ2n) is 8.85. The normalized spacial score (nSPS) is 13.7. The van der Waals surface area contributed by atoms with Crippen LogP contribution >= 0.6 is 0 Å². The summed E-state index contributed by atoms with van der Waals surface area (Å²) in [4.78, 5) is 8.75. The number of nitrogens with zero attached hydrogens (tertiary/aromatic N) is 6. The van der Waals surface area contributed by atoms with Gasteiger partial charge in [-0.3, -0.25) is 9.67 Å². The molecule has 1 unspecified atom stereocenters. The highest BCUT2D eigenvalue weighted by atomic mass is 19.4. The first kappa shape index (κ1) is 26.3. The number of aliphatic hydroxyl groups is 1. The Kier molecular flexibility index (Phi) is 7.30. The van der Waals surface area contributed by atoms with Gasteiger partial charge in [-0.25, -0.2) is 13.8 Å². The highest BCUT2D eigenvalue weighted by molar-refractivity contribution is 5.61. The molecule has 37 heavy (non-hydrogen) atoms. The number of hydrogen-bond acceptors (Lipinski definition) is 6. The molecule has 7 nitrogen and oxygen atoms in total. The van der Waals surface area contributed by atoms with Crippen molar-refractivity contribution in [1.82, 2.24) is 29.9 Å². The van der Waals surface area contributed by atoms with E-state index in [0.29, 0.717) is 17.1 Å². The summed E-state index contributed by atoms with van der Waals surface area (Å²) in [6.07, 6.45) is -3.06. The molecule has 0 spiro atoms. The fraction of sp³-hybridized carbons (Fsp3) is 0.320. The Morgan fingerprint density at radius 3 is 2.30 bits per heavy atom. The van der Waals surface area contributed by atoms with E-state index < -0.39 is 36.4 Å². The molecule has 0 bridgehead atoms. The maximum absolute atomic E-state index is 14.3. The lowest BCUT2D eigenvalue weighted by Gasteiger charge is -2.18. The van der Waals surface area contributed by atoms with Gasteiger partial charge in [0.25, 0.3) is 0 Å². The van der Waals surface area contributed by atoms with E-state index in [4.69, 9.17) is 0 Å². The first-order valence-electron chi connectivity index (χ1n) is 11.4. The van der Waals surface area contributed by atoms with Crippen molar-refractivity contribution in [3.05, 3.63) is 77.5 Å². The Morgan fingerprint density at radius 2 is 1.65 bits per heavy atom. The molecule has 0 aliphatic carbocycles. The van der Waals surface area contributed by atoms with Crippen LogP contribution in [0.15, 0.2) is 48.9 Å². The van der Waals surface area contributed by atoms with E-state index in [0.717, 1.165) is 22.4 Å². The topological polar surface area (TPSA) is 89.6 Å². The number of halogens is 5. The van der Waals surface area contributed by atoms with E-state index >= 15 is 0 Å². The third kappa shape index (κ3) is 5.63. The van der Waals surface area contributed by atoms with Crippen LogP contribution in [0.5, 0.6) is 0 Å². The third-order valence-corrected chi connectivity index (χ3v) is 5.84. The molecule has 3 aromatic heterocycles. The van der Waals surface area contributed by atoms with Gasteiger partial charge >= 0.3 is 6.18 Å². The van der Waals surface area contributed by atoms with E-state index in [2.05, 4.69) is 25.3 Å². The summed E-state index contributed by atoms with van der Waals surface area (Å²) in [6, 6.07) is 6.65. The number of hydrogen-bond donors (Lipinski definition) is 1. The van der Waals surface area contributed by atoms with Crippen LogP contribution in [-0.2, 0) is 6.54 Å². The minimum Gasteiger partial charge on any atom is -0.382 e. The zero-order valence-corrected chi connectivity index (χ0v) is 20.1. The first-order valence-corrected chi connectivity index (χ1v) is 11.4. The molecule has 3 heterocycles. The van der Waals surface area contributed by atoms with Gasteiger partial charge in [0.05, 0.1) is 35.4 Å². The molecule has 0 saturated carbocycles. The molecule has 0 aliphatic heterocycles. The van der Waals surface area contributed by atoms with Crippen LogP contribution in [0.3, 0.4) is 0 Å². The minimum atomic E-state index is -4.76. The molecular formula is C25H23F5N6O. The Hall–Kier alpha value is -3.80. The van der Waals surface area contributed by atoms with E-state index in [1.54, 1.807) is 6.07 Å². The van der Waals surface area contributed by atoms with Crippen molar-refractivity contribution in [2.45, 2.75) is 51.4 Å². The molecule has 194 valence electrons. The second kappa shape index (κ2) is 10.3. The molecule has 0 amide bonds. The summed E-state index contributed by atoms with van der Waals surface area (Å²) >= 11 is 0. The van der Waals surface area contributed by atoms with Crippen LogP contribution in [-0.4, -0.2) is 47.3 Å². The van der Waals surface area contributed by atoms with Crippen molar-refractivity contribution >= 4 is 0 Å². The van der Waals surface area contributed by atoms with Gasteiger partial charge in [-0.05, 0) is 35.7 Å². The van der Waals surface area contributed by atoms with Gasteiger partial charge in [0, 0.05) is 18.3 Å². The summed E-state index contributed by atoms with van der Waals surface area (Å²) < 4.78 is 67.6. The summed E-state index contributed by atoms with van der Waals surface area (Å²) in [6.45, 7) is 4.90. The monoisotopic (exact) mass is 518 g/mol. The Balaban J connectivity index is 1.65. The molecule has 2 atom stereocenters. The predicted octanol–water partition coefficient (Wildman–Crippen LogP) is 5.27. The molecule has 0 aliphatic rings. The summed E-state index contributed by atoms with van der Waals surface area (Å²) in [5, 5.41) is 21.7. The van der Waals surface area contributed by atoms with Crippen molar-refractivity contribution < 1.29 is 27.1 Å². The largest absolute Gasteiger partial charge is 0.416 e. The molecule has 1 aromatic carbocycles. The maximum Gasteiger partial charge on any atom is 0.416 e. The summed E-state index contributed by atoms with van der Waals surface area (Å²) in [5.74, 6) is -1.98. The van der Waals surface area contributed by atoms with Crippen LogP contribution in [0.4, 0.5) is 22.0 Å². The van der Waals surface area contributed by atoms with Crippen LogP contribution < -0.4 is 0 Å². The quantitative estimate of drug-likeness (QED) is 0.335. The van der Waals surface area contributed by atoms with Gasteiger partial charge in [-0.2, -0.15) is 28.5 Å². The molecular weight excluding hydrogens is 495 g/mol. The second-order valence-corrected chi connectivity index (χ2v) is 8.85. The van der Waals surface area contributed by atoms with Crippen LogP contribution in [0.25, 0.3) is 22.6 Å². The van der Waals surface area contributed by atoms with Gasteiger partial charge in [0.2, 0.25) is 0 Å². The fourth-order valence-corrected chi connectivity index (χ4v) is 3.81. The fourth-order valence-electron chi connectivity index (χ4n) is 3.81. The Labute approximate surface area is 209 Å². The lowest BCUT2D eigenvalue weighted by Crippen LogP contribution is -2.32. The lowest BCUT2D eigenvalue weighted by atomic mass is 9.92. The molecule has 1 N–H and O–H groups in total. The first-order chi connectivity index (χ1) is 17.5. The van der Waals surface area contributed by atoms with E-state index in [9.17, 15) is 27.1 Å². The lowest BCUT2D eigenvalue weighted by molar-refractivity contribution is -0.208. The SMILES string of the molecule is CC(C)c1cc(-c2c(F)cccc2F)nnc1C(C)c1cncc(-c2ccn(C[C@@H](O)C(F)(F)F)n2)n1. The zero-order valence-electron chi connectivity index (χ0n) is 20.1. The van der Waals surface area contributed by atoms with Crippen LogP contribution in [0.2, 0.25) is 0 Å². The van der Waals surface area contributed by atoms with Gasteiger partial charge in [-0.15, -0.1) is 0 Å². The highest BCUT2D eigenvalue weighted by Gasteiger charge is 2.38. The average molecular weight is 518 g/mol. The van der Waals surface area contributed by atoms with Crippen molar-refractivity contribution in [3.63, 3.8) is 0 Å². The maximum atomic E-state index is 14.3. The minimum absolute atomic E-state index is 0.0616. The molecule has 4 aromatic rings. The van der Waals surface area contributed by atoms with Crippen LogP contribution in [0.1, 0.15) is 49.6 Å². The van der Waals surface area contributed by atoms with Crippen molar-refractivity contribution in [2.75, 3.05) is 0 Å². The van der Waals surface area contributed by atoms with Gasteiger partial charge in [-0.1, -0.05) is 26.8 Å². The van der Waals surface area contributed by atoms with E-state index in [1.807, 2.05) is 20.8 Å². The standard InChI is InChI=1S/C25H23F5N6O/c1-13(2)15-9-19(23-16(26)5-4-6-17(23)27)33-34-24(15)14(3)20-10-31-11-21(32-20)18-7-8-36(35-18)12-22(37)25(28,29)30/h4-11,13-14,22,37H,12H2,1-3H3/t14?,22-/m1/s1. The number of rotatable bonds is 7. The van der Waals surface area contributed by atoms with Gasteiger partial charge in [0.1, 0.15) is 23.0 Å².